The Balaban J connectivity index is 1.56. The molecule has 0 bridgehead atoms. The topological polar surface area (TPSA) is 73.9 Å². The van der Waals surface area contributed by atoms with Gasteiger partial charge in [0.2, 0.25) is 5.91 Å². The molecule has 0 saturated carbocycles. The highest BCUT2D eigenvalue weighted by Crippen LogP contribution is 2.26. The lowest BCUT2D eigenvalue weighted by Gasteiger charge is -2.23. The third-order valence-electron chi connectivity index (χ3n) is 5.85. The molecule has 1 aliphatic rings. The van der Waals surface area contributed by atoms with Crippen molar-refractivity contribution in [2.75, 3.05) is 43.4 Å². The van der Waals surface area contributed by atoms with Crippen LogP contribution in [0.25, 0.3) is 0 Å². The van der Waals surface area contributed by atoms with Gasteiger partial charge in [0.05, 0.1) is 12.2 Å². The van der Waals surface area contributed by atoms with E-state index in [-0.39, 0.29) is 29.9 Å². The van der Waals surface area contributed by atoms with Crippen molar-refractivity contribution in [3.8, 4) is 5.75 Å². The van der Waals surface area contributed by atoms with Crippen molar-refractivity contribution < 1.29 is 23.1 Å². The Labute approximate surface area is 199 Å². The number of carbonyl (C=O) groups is 2. The van der Waals surface area contributed by atoms with E-state index >= 15 is 0 Å². The highest BCUT2D eigenvalue weighted by Gasteiger charge is 2.22. The van der Waals surface area contributed by atoms with Gasteiger partial charge >= 0.3 is 12.6 Å². The highest BCUT2D eigenvalue weighted by molar-refractivity contribution is 5.94. The molecule has 0 atom stereocenters. The first-order valence-corrected chi connectivity index (χ1v) is 11.6. The molecule has 1 fully saturated rings. The van der Waals surface area contributed by atoms with Gasteiger partial charge in [-0.15, -0.1) is 0 Å². The zero-order chi connectivity index (χ0) is 24.5. The summed E-state index contributed by atoms with van der Waals surface area (Å²) in [5.41, 5.74) is 3.32. The van der Waals surface area contributed by atoms with Crippen LogP contribution in [-0.4, -0.2) is 61.1 Å². The second kappa shape index (κ2) is 12.3. The van der Waals surface area contributed by atoms with Crippen molar-refractivity contribution >= 4 is 23.3 Å². The van der Waals surface area contributed by atoms with Crippen molar-refractivity contribution in [3.05, 3.63) is 53.6 Å². The monoisotopic (exact) mass is 474 g/mol. The lowest BCUT2D eigenvalue weighted by atomic mass is 10.0. The van der Waals surface area contributed by atoms with E-state index in [0.717, 1.165) is 29.7 Å². The molecule has 3 amide bonds. The average Bonchev–Trinajstić information content (AvgIpc) is 3.05. The normalized spacial score (nSPS) is 14.6. The molecule has 1 aliphatic heterocycles. The molecular weight excluding hydrogens is 442 g/mol. The molecule has 7 nitrogen and oxygen atoms in total. The number of halogens is 2. The van der Waals surface area contributed by atoms with Crippen LogP contribution in [0, 0.1) is 0 Å². The van der Waals surface area contributed by atoms with E-state index in [1.165, 1.54) is 12.1 Å². The summed E-state index contributed by atoms with van der Waals surface area (Å²) in [7, 11) is 0. The molecular formula is C25H32F2N4O3. The lowest BCUT2D eigenvalue weighted by molar-refractivity contribution is -0.117. The number of rotatable bonds is 8. The van der Waals surface area contributed by atoms with E-state index in [1.54, 1.807) is 17.0 Å². The number of alkyl halides is 2. The van der Waals surface area contributed by atoms with Crippen LogP contribution in [0.3, 0.4) is 0 Å². The zero-order valence-electron chi connectivity index (χ0n) is 19.7. The summed E-state index contributed by atoms with van der Waals surface area (Å²) >= 11 is 0. The highest BCUT2D eigenvalue weighted by atomic mass is 19.3. The summed E-state index contributed by atoms with van der Waals surface area (Å²) in [6.45, 7) is 3.52. The number of para-hydroxylation sites is 3. The summed E-state index contributed by atoms with van der Waals surface area (Å²) in [6, 6.07) is 11.8. The minimum absolute atomic E-state index is 0.0772. The Kier molecular flexibility index (Phi) is 9.21. The number of aryl methyl sites for hydroxylation is 2. The summed E-state index contributed by atoms with van der Waals surface area (Å²) < 4.78 is 29.7. The van der Waals surface area contributed by atoms with Crippen molar-refractivity contribution in [3.63, 3.8) is 0 Å². The van der Waals surface area contributed by atoms with Crippen LogP contribution in [0.1, 0.15) is 31.4 Å². The maximum absolute atomic E-state index is 12.8. The number of anilines is 2. The van der Waals surface area contributed by atoms with Crippen molar-refractivity contribution in [1.29, 1.82) is 0 Å². The van der Waals surface area contributed by atoms with E-state index in [2.05, 4.69) is 29.2 Å². The van der Waals surface area contributed by atoms with Gasteiger partial charge in [-0.1, -0.05) is 44.2 Å². The fourth-order valence-corrected chi connectivity index (χ4v) is 4.08. The second-order valence-corrected chi connectivity index (χ2v) is 8.13. The van der Waals surface area contributed by atoms with Crippen molar-refractivity contribution in [2.45, 2.75) is 39.7 Å². The molecule has 0 radical (unpaired) electrons. The Morgan fingerprint density at radius 1 is 0.941 bits per heavy atom. The molecule has 1 heterocycles. The molecule has 0 aliphatic carbocycles. The van der Waals surface area contributed by atoms with Crippen LogP contribution in [0.15, 0.2) is 42.5 Å². The minimum atomic E-state index is -2.98. The predicted octanol–water partition coefficient (Wildman–Crippen LogP) is 4.59. The largest absolute Gasteiger partial charge is 0.433 e. The molecule has 1 saturated heterocycles. The first-order valence-electron chi connectivity index (χ1n) is 11.6. The fourth-order valence-electron chi connectivity index (χ4n) is 4.08. The Hall–Kier alpha value is -3.20. The van der Waals surface area contributed by atoms with Crippen LogP contribution in [-0.2, 0) is 17.6 Å². The molecule has 2 aromatic rings. The van der Waals surface area contributed by atoms with Gasteiger partial charge in [0, 0.05) is 31.9 Å². The van der Waals surface area contributed by atoms with Crippen LogP contribution in [0.5, 0.6) is 5.75 Å². The smallest absolute Gasteiger partial charge is 0.387 e. The third kappa shape index (κ3) is 6.90. The Morgan fingerprint density at radius 3 is 2.32 bits per heavy atom. The van der Waals surface area contributed by atoms with Gasteiger partial charge in [-0.25, -0.2) is 4.79 Å². The van der Waals surface area contributed by atoms with Gasteiger partial charge in [0.1, 0.15) is 5.75 Å². The maximum atomic E-state index is 12.8. The molecule has 3 rings (SSSR count). The molecule has 2 aromatic carbocycles. The van der Waals surface area contributed by atoms with Crippen LogP contribution in [0.4, 0.5) is 25.0 Å². The number of ether oxygens (including phenoxy) is 1. The summed E-state index contributed by atoms with van der Waals surface area (Å²) in [5.74, 6) is -0.163. The number of hydrogen-bond donors (Lipinski definition) is 2. The van der Waals surface area contributed by atoms with E-state index < -0.39 is 6.61 Å². The summed E-state index contributed by atoms with van der Waals surface area (Å²) in [6.07, 6.45) is 2.37. The molecule has 2 N–H and O–H groups in total. The van der Waals surface area contributed by atoms with E-state index in [4.69, 9.17) is 0 Å². The number of nitrogens with zero attached hydrogens (tertiary/aromatic N) is 2. The molecule has 9 heteroatoms. The van der Waals surface area contributed by atoms with E-state index in [0.29, 0.717) is 32.6 Å². The Morgan fingerprint density at radius 2 is 1.65 bits per heavy atom. The van der Waals surface area contributed by atoms with Gasteiger partial charge in [-0.3, -0.25) is 9.69 Å². The van der Waals surface area contributed by atoms with Gasteiger partial charge < -0.3 is 20.3 Å². The number of carbonyl (C=O) groups excluding carboxylic acids is 2. The van der Waals surface area contributed by atoms with Gasteiger partial charge in [0.15, 0.2) is 0 Å². The number of amides is 3. The quantitative estimate of drug-likeness (QED) is 0.587. The van der Waals surface area contributed by atoms with Crippen molar-refractivity contribution in [2.24, 2.45) is 0 Å². The zero-order valence-corrected chi connectivity index (χ0v) is 19.7. The molecule has 34 heavy (non-hydrogen) atoms. The molecule has 0 spiro atoms. The SMILES string of the molecule is CCc1cccc(CC)c1NC(=O)CN1CCCN(C(=O)Nc2ccccc2OC(F)F)CC1. The minimum Gasteiger partial charge on any atom is -0.433 e. The Bertz CT molecular complexity index is 964. The van der Waals surface area contributed by atoms with Gasteiger partial charge in [-0.05, 0) is 42.5 Å². The van der Waals surface area contributed by atoms with E-state index in [1.807, 2.05) is 23.1 Å². The number of urea groups is 1. The first-order chi connectivity index (χ1) is 16.4. The summed E-state index contributed by atoms with van der Waals surface area (Å²) in [5, 5.41) is 5.75. The number of nitrogens with one attached hydrogen (secondary N) is 2. The van der Waals surface area contributed by atoms with E-state index in [9.17, 15) is 18.4 Å². The third-order valence-corrected chi connectivity index (χ3v) is 5.85. The standard InChI is InChI=1S/C25H32F2N4O3/c1-3-18-9-7-10-19(4-2)23(18)29-22(32)17-30-13-8-14-31(16-15-30)25(33)28-20-11-5-6-12-21(20)34-24(26)27/h5-7,9-12,24H,3-4,8,13-17H2,1-2H3,(H,28,33)(H,29,32). The van der Waals surface area contributed by atoms with Gasteiger partial charge in [-0.2, -0.15) is 8.78 Å². The van der Waals surface area contributed by atoms with Crippen molar-refractivity contribution in [1.82, 2.24) is 9.80 Å². The van der Waals surface area contributed by atoms with Gasteiger partial charge in [0.25, 0.3) is 0 Å². The molecule has 184 valence electrons. The number of hydrogen-bond acceptors (Lipinski definition) is 4. The maximum Gasteiger partial charge on any atom is 0.387 e. The predicted molar refractivity (Wildman–Crippen MR) is 129 cm³/mol. The second-order valence-electron chi connectivity index (χ2n) is 8.13. The lowest BCUT2D eigenvalue weighted by Crippen LogP contribution is -2.39. The van der Waals surface area contributed by atoms with Crippen LogP contribution in [0.2, 0.25) is 0 Å². The van der Waals surface area contributed by atoms with Crippen LogP contribution < -0.4 is 15.4 Å². The summed E-state index contributed by atoms with van der Waals surface area (Å²) in [4.78, 5) is 29.2. The number of benzene rings is 2. The first kappa shape index (κ1) is 25.4. The fraction of sp³-hybridized carbons (Fsp3) is 0.440. The molecule has 0 unspecified atom stereocenters. The van der Waals surface area contributed by atoms with Crippen LogP contribution >= 0.6 is 0 Å². The average molecular weight is 475 g/mol. The molecule has 0 aromatic heterocycles.